The lowest BCUT2D eigenvalue weighted by atomic mass is 10.1. The Morgan fingerprint density at radius 3 is 2.61 bits per heavy atom. The highest BCUT2D eigenvalue weighted by molar-refractivity contribution is 9.10. The molecule has 1 N–H and O–H groups in total. The summed E-state index contributed by atoms with van der Waals surface area (Å²) in [6.45, 7) is 1.69. The largest absolute Gasteiger partial charge is 0.450 e. The number of alkyl carbamates (subject to hydrolysis) is 1. The maximum atomic E-state index is 13.4. The molecule has 0 aliphatic heterocycles. The lowest BCUT2D eigenvalue weighted by Crippen LogP contribution is -2.32. The lowest BCUT2D eigenvalue weighted by Gasteiger charge is -2.06. The maximum Gasteiger partial charge on any atom is 0.413 e. The predicted octanol–water partition coefficient (Wildman–Crippen LogP) is 2.54. The molecule has 0 radical (unpaired) electrons. The van der Waals surface area contributed by atoms with Gasteiger partial charge in [0.1, 0.15) is 11.6 Å². The summed E-state index contributed by atoms with van der Waals surface area (Å²) in [4.78, 5) is 22.3. The molecule has 0 aromatic heterocycles. The van der Waals surface area contributed by atoms with Crippen molar-refractivity contribution in [2.45, 2.75) is 13.3 Å². The Labute approximate surface area is 110 Å². The van der Waals surface area contributed by atoms with E-state index in [0.29, 0.717) is 0 Å². The van der Waals surface area contributed by atoms with Crippen LogP contribution in [0.3, 0.4) is 0 Å². The Bertz CT molecular complexity index is 480. The van der Waals surface area contributed by atoms with Gasteiger partial charge in [-0.15, -0.1) is 0 Å². The summed E-state index contributed by atoms with van der Waals surface area (Å²) >= 11 is 2.82. The van der Waals surface area contributed by atoms with Crippen LogP contribution in [0.5, 0.6) is 0 Å². The number of nitrogens with one attached hydrogen (secondary N) is 1. The van der Waals surface area contributed by atoms with Gasteiger partial charge in [0.25, 0.3) is 0 Å². The van der Waals surface area contributed by atoms with Crippen LogP contribution in [0.25, 0.3) is 0 Å². The third kappa shape index (κ3) is 4.06. The molecule has 0 fully saturated rings. The molecule has 0 saturated heterocycles. The zero-order chi connectivity index (χ0) is 13.7. The number of carbonyl (C=O) groups is 2. The summed E-state index contributed by atoms with van der Waals surface area (Å²) in [5, 5.41) is 1.89. The average molecular weight is 322 g/mol. The van der Waals surface area contributed by atoms with Crippen molar-refractivity contribution in [3.63, 3.8) is 0 Å². The quantitative estimate of drug-likeness (QED) is 0.870. The van der Waals surface area contributed by atoms with Gasteiger partial charge in [0.2, 0.25) is 5.91 Å². The van der Waals surface area contributed by atoms with Crippen LogP contribution in [0.1, 0.15) is 12.5 Å². The highest BCUT2D eigenvalue weighted by Crippen LogP contribution is 2.20. The zero-order valence-corrected chi connectivity index (χ0v) is 11.0. The minimum Gasteiger partial charge on any atom is -0.450 e. The highest BCUT2D eigenvalue weighted by Gasteiger charge is 2.14. The summed E-state index contributed by atoms with van der Waals surface area (Å²) in [5.41, 5.74) is -0.141. The molecule has 1 aromatic rings. The van der Waals surface area contributed by atoms with Crippen LogP contribution in [-0.2, 0) is 16.0 Å². The number of halogens is 3. The molecular weight excluding hydrogens is 312 g/mol. The molecule has 0 aliphatic rings. The van der Waals surface area contributed by atoms with Gasteiger partial charge in [-0.25, -0.2) is 13.6 Å². The third-order valence-electron chi connectivity index (χ3n) is 1.96. The maximum absolute atomic E-state index is 13.4. The van der Waals surface area contributed by atoms with Crippen molar-refractivity contribution in [2.75, 3.05) is 6.61 Å². The van der Waals surface area contributed by atoms with Gasteiger partial charge in [0.15, 0.2) is 0 Å². The molecule has 18 heavy (non-hydrogen) atoms. The van der Waals surface area contributed by atoms with Gasteiger partial charge in [0.05, 0.1) is 17.5 Å². The van der Waals surface area contributed by atoms with E-state index in [1.807, 2.05) is 5.32 Å². The van der Waals surface area contributed by atoms with E-state index in [1.165, 1.54) is 0 Å². The van der Waals surface area contributed by atoms with Crippen LogP contribution in [0.2, 0.25) is 0 Å². The monoisotopic (exact) mass is 321 g/mol. The summed E-state index contributed by atoms with van der Waals surface area (Å²) in [6.07, 6.45) is -1.37. The molecule has 0 bridgehead atoms. The van der Waals surface area contributed by atoms with Crippen molar-refractivity contribution in [1.29, 1.82) is 0 Å². The second-order valence-corrected chi connectivity index (χ2v) is 4.16. The molecule has 1 rings (SSSR count). The van der Waals surface area contributed by atoms with Gasteiger partial charge >= 0.3 is 6.09 Å². The van der Waals surface area contributed by atoms with Gasteiger partial charge in [-0.05, 0) is 35.0 Å². The fourth-order valence-electron chi connectivity index (χ4n) is 1.20. The average Bonchev–Trinajstić information content (AvgIpc) is 2.26. The number of rotatable bonds is 3. The van der Waals surface area contributed by atoms with Crippen molar-refractivity contribution >= 4 is 27.9 Å². The molecule has 2 amide bonds. The Hall–Kier alpha value is -1.50. The molecule has 4 nitrogen and oxygen atoms in total. The normalized spacial score (nSPS) is 10.0. The van der Waals surface area contributed by atoms with Crippen molar-refractivity contribution in [2.24, 2.45) is 0 Å². The first-order valence-electron chi connectivity index (χ1n) is 5.04. The van der Waals surface area contributed by atoms with E-state index < -0.39 is 30.1 Å². The molecule has 1 aromatic carbocycles. The minimum absolute atomic E-state index is 0.0328. The third-order valence-corrected chi connectivity index (χ3v) is 2.56. The van der Waals surface area contributed by atoms with Gasteiger partial charge in [-0.1, -0.05) is 0 Å². The summed E-state index contributed by atoms with van der Waals surface area (Å²) in [7, 11) is 0. The Morgan fingerprint density at radius 2 is 2.00 bits per heavy atom. The topological polar surface area (TPSA) is 55.4 Å². The zero-order valence-electron chi connectivity index (χ0n) is 9.43. The van der Waals surface area contributed by atoms with E-state index in [-0.39, 0.29) is 16.6 Å². The van der Waals surface area contributed by atoms with Crippen LogP contribution in [0.4, 0.5) is 13.6 Å². The number of amides is 2. The molecule has 0 aliphatic carbocycles. The molecule has 0 heterocycles. The van der Waals surface area contributed by atoms with Crippen LogP contribution in [-0.4, -0.2) is 18.6 Å². The van der Waals surface area contributed by atoms with Crippen LogP contribution in [0, 0.1) is 11.6 Å². The van der Waals surface area contributed by atoms with Crippen LogP contribution in [0.15, 0.2) is 16.6 Å². The second kappa shape index (κ2) is 6.44. The smallest absolute Gasteiger partial charge is 0.413 e. The number of imide groups is 1. The first-order valence-corrected chi connectivity index (χ1v) is 5.83. The van der Waals surface area contributed by atoms with Crippen molar-refractivity contribution < 1.29 is 23.1 Å². The van der Waals surface area contributed by atoms with E-state index in [4.69, 9.17) is 0 Å². The van der Waals surface area contributed by atoms with Crippen LogP contribution >= 0.6 is 15.9 Å². The van der Waals surface area contributed by atoms with E-state index in [9.17, 15) is 18.4 Å². The highest BCUT2D eigenvalue weighted by atomic mass is 79.9. The van der Waals surface area contributed by atoms with Gasteiger partial charge in [0, 0.05) is 5.56 Å². The van der Waals surface area contributed by atoms with E-state index >= 15 is 0 Å². The SMILES string of the molecule is CCOC(=O)NC(=O)Cc1cc(F)c(Br)cc1F. The Kier molecular flexibility index (Phi) is 5.21. The van der Waals surface area contributed by atoms with Crippen molar-refractivity contribution in [1.82, 2.24) is 5.32 Å². The van der Waals surface area contributed by atoms with Crippen LogP contribution < -0.4 is 5.32 Å². The lowest BCUT2D eigenvalue weighted by molar-refractivity contribution is -0.119. The molecular formula is C11H10BrF2NO3. The first kappa shape index (κ1) is 14.6. The van der Waals surface area contributed by atoms with E-state index in [2.05, 4.69) is 20.7 Å². The number of ether oxygens (including phenoxy) is 1. The first-order chi connectivity index (χ1) is 8.43. The van der Waals surface area contributed by atoms with Crippen molar-refractivity contribution in [3.8, 4) is 0 Å². The summed E-state index contributed by atoms with van der Waals surface area (Å²) < 4.78 is 31.0. The predicted molar refractivity (Wildman–Crippen MR) is 62.9 cm³/mol. The molecule has 0 unspecified atom stereocenters. The number of carbonyl (C=O) groups excluding carboxylic acids is 2. The molecule has 0 spiro atoms. The molecule has 0 atom stereocenters. The van der Waals surface area contributed by atoms with Crippen molar-refractivity contribution in [3.05, 3.63) is 33.8 Å². The summed E-state index contributed by atoms with van der Waals surface area (Å²) in [6, 6.07) is 1.81. The van der Waals surface area contributed by atoms with Gasteiger partial charge < -0.3 is 4.74 Å². The second-order valence-electron chi connectivity index (χ2n) is 3.30. The molecule has 0 saturated carbocycles. The molecule has 7 heteroatoms. The number of hydrogen-bond acceptors (Lipinski definition) is 3. The van der Waals surface area contributed by atoms with Gasteiger partial charge in [-0.3, -0.25) is 10.1 Å². The summed E-state index contributed by atoms with van der Waals surface area (Å²) in [5.74, 6) is -2.19. The minimum atomic E-state index is -0.916. The number of hydrogen-bond donors (Lipinski definition) is 1. The van der Waals surface area contributed by atoms with Gasteiger partial charge in [-0.2, -0.15) is 0 Å². The Morgan fingerprint density at radius 1 is 1.33 bits per heavy atom. The number of benzene rings is 1. The standard InChI is InChI=1S/C11H10BrF2NO3/c1-2-18-11(17)15-10(16)4-6-3-9(14)7(12)5-8(6)13/h3,5H,2,4H2,1H3,(H,15,16,17). The fraction of sp³-hybridized carbons (Fsp3) is 0.273. The molecule has 98 valence electrons. The fourth-order valence-corrected chi connectivity index (χ4v) is 1.51. The van der Waals surface area contributed by atoms with E-state index in [1.54, 1.807) is 6.92 Å². The van der Waals surface area contributed by atoms with E-state index in [0.717, 1.165) is 12.1 Å². The Balaban J connectivity index is 2.70.